The Kier molecular flexibility index (Phi) is 5.85. The van der Waals surface area contributed by atoms with Crippen molar-refractivity contribution in [2.45, 2.75) is 37.9 Å². The van der Waals surface area contributed by atoms with E-state index in [4.69, 9.17) is 5.11 Å². The average molecular weight is 162 g/mol. The molecule has 0 saturated heterocycles. The van der Waals surface area contributed by atoms with E-state index in [1.54, 1.807) is 6.92 Å². The SMILES string of the molecule is CC(O)C(P)CCCC=O. The van der Waals surface area contributed by atoms with Gasteiger partial charge in [-0.25, -0.2) is 0 Å². The summed E-state index contributed by atoms with van der Waals surface area (Å²) in [5.74, 6) is 0. The minimum Gasteiger partial charge on any atom is -0.393 e. The third-order valence-electron chi connectivity index (χ3n) is 1.48. The maximum absolute atomic E-state index is 9.89. The first-order valence-electron chi connectivity index (χ1n) is 3.55. The second kappa shape index (κ2) is 5.82. The Balaban J connectivity index is 3.21. The number of unbranched alkanes of at least 4 members (excludes halogenated alkanes) is 1. The van der Waals surface area contributed by atoms with Crippen molar-refractivity contribution < 1.29 is 9.90 Å². The smallest absolute Gasteiger partial charge is 0.119 e. The van der Waals surface area contributed by atoms with Crippen LogP contribution in [0.5, 0.6) is 0 Å². The molecule has 0 rings (SSSR count). The molecule has 3 heteroatoms. The summed E-state index contributed by atoms with van der Waals surface area (Å²) in [6.07, 6.45) is 3.03. The number of carbonyl (C=O) groups excluding carboxylic acids is 1. The average Bonchev–Trinajstić information content (AvgIpc) is 1.88. The molecule has 0 heterocycles. The van der Waals surface area contributed by atoms with Crippen molar-refractivity contribution in [1.82, 2.24) is 0 Å². The molecule has 0 aliphatic carbocycles. The Morgan fingerprint density at radius 3 is 2.70 bits per heavy atom. The molecule has 10 heavy (non-hydrogen) atoms. The highest BCUT2D eigenvalue weighted by Crippen LogP contribution is 2.13. The Morgan fingerprint density at radius 2 is 2.30 bits per heavy atom. The van der Waals surface area contributed by atoms with E-state index in [0.717, 1.165) is 19.1 Å². The normalized spacial score (nSPS) is 16.3. The number of rotatable bonds is 5. The van der Waals surface area contributed by atoms with E-state index in [0.29, 0.717) is 6.42 Å². The van der Waals surface area contributed by atoms with E-state index in [1.165, 1.54) is 0 Å². The minimum atomic E-state index is -0.281. The van der Waals surface area contributed by atoms with Gasteiger partial charge in [-0.2, -0.15) is 0 Å². The highest BCUT2D eigenvalue weighted by molar-refractivity contribution is 7.17. The van der Waals surface area contributed by atoms with Crippen molar-refractivity contribution in [3.8, 4) is 0 Å². The lowest BCUT2D eigenvalue weighted by Gasteiger charge is -2.12. The quantitative estimate of drug-likeness (QED) is 0.371. The van der Waals surface area contributed by atoms with Gasteiger partial charge in [-0.3, -0.25) is 0 Å². The van der Waals surface area contributed by atoms with E-state index >= 15 is 0 Å². The van der Waals surface area contributed by atoms with Gasteiger partial charge in [0.2, 0.25) is 0 Å². The number of hydrogen-bond donors (Lipinski definition) is 1. The summed E-state index contributed by atoms with van der Waals surface area (Å²) in [6, 6.07) is 0. The molecule has 0 aromatic rings. The molecule has 0 aromatic heterocycles. The van der Waals surface area contributed by atoms with Crippen molar-refractivity contribution in [1.29, 1.82) is 0 Å². The monoisotopic (exact) mass is 162 g/mol. The van der Waals surface area contributed by atoms with Gasteiger partial charge >= 0.3 is 0 Å². The Hall–Kier alpha value is 0.0600. The van der Waals surface area contributed by atoms with Gasteiger partial charge < -0.3 is 9.90 Å². The number of hydrogen-bond acceptors (Lipinski definition) is 2. The van der Waals surface area contributed by atoms with Crippen LogP contribution in [0.3, 0.4) is 0 Å². The topological polar surface area (TPSA) is 37.3 Å². The van der Waals surface area contributed by atoms with Gasteiger partial charge in [0, 0.05) is 6.42 Å². The van der Waals surface area contributed by atoms with Crippen LogP contribution in [0.2, 0.25) is 0 Å². The van der Waals surface area contributed by atoms with E-state index < -0.39 is 0 Å². The van der Waals surface area contributed by atoms with Crippen molar-refractivity contribution in [3.05, 3.63) is 0 Å². The van der Waals surface area contributed by atoms with Gasteiger partial charge in [-0.05, 0) is 25.4 Å². The number of aliphatic hydroxyl groups is 1. The third kappa shape index (κ3) is 4.89. The highest BCUT2D eigenvalue weighted by atomic mass is 31.0. The van der Waals surface area contributed by atoms with E-state index in [9.17, 15) is 4.79 Å². The number of aliphatic hydroxyl groups excluding tert-OH is 1. The predicted molar refractivity (Wildman–Crippen MR) is 45.1 cm³/mol. The lowest BCUT2D eigenvalue weighted by atomic mass is 10.1. The maximum atomic E-state index is 9.89. The minimum absolute atomic E-state index is 0.236. The zero-order valence-corrected chi connectivity index (χ0v) is 7.44. The first-order valence-corrected chi connectivity index (χ1v) is 4.22. The van der Waals surface area contributed by atoms with Crippen LogP contribution < -0.4 is 0 Å². The summed E-state index contributed by atoms with van der Waals surface area (Å²) >= 11 is 0. The first-order chi connectivity index (χ1) is 4.68. The number of carbonyl (C=O) groups is 1. The molecular weight excluding hydrogens is 147 g/mol. The third-order valence-corrected chi connectivity index (χ3v) is 2.37. The van der Waals surface area contributed by atoms with Crippen LogP contribution in [0.25, 0.3) is 0 Å². The van der Waals surface area contributed by atoms with Gasteiger partial charge in [0.05, 0.1) is 6.10 Å². The summed E-state index contributed by atoms with van der Waals surface area (Å²) in [7, 11) is 2.58. The molecule has 0 saturated carbocycles. The summed E-state index contributed by atoms with van der Waals surface area (Å²) in [5.41, 5.74) is 0.236. The summed E-state index contributed by atoms with van der Waals surface area (Å²) in [6.45, 7) is 1.76. The Morgan fingerprint density at radius 1 is 1.70 bits per heavy atom. The van der Waals surface area contributed by atoms with Gasteiger partial charge in [0.25, 0.3) is 0 Å². The van der Waals surface area contributed by atoms with Gasteiger partial charge in [0.1, 0.15) is 6.29 Å². The van der Waals surface area contributed by atoms with Crippen LogP contribution in [0.15, 0.2) is 0 Å². The van der Waals surface area contributed by atoms with Gasteiger partial charge in [-0.15, -0.1) is 9.24 Å². The summed E-state index contributed by atoms with van der Waals surface area (Å²) < 4.78 is 0. The second-order valence-corrected chi connectivity index (χ2v) is 3.36. The summed E-state index contributed by atoms with van der Waals surface area (Å²) in [4.78, 5) is 9.89. The molecule has 3 atom stereocenters. The molecule has 3 unspecified atom stereocenters. The molecule has 0 aromatic carbocycles. The zero-order chi connectivity index (χ0) is 7.98. The van der Waals surface area contributed by atoms with Crippen LogP contribution in [0, 0.1) is 0 Å². The predicted octanol–water partition coefficient (Wildman–Crippen LogP) is 0.980. The Bertz CT molecular complexity index is 93.6. The van der Waals surface area contributed by atoms with Crippen molar-refractivity contribution in [2.24, 2.45) is 0 Å². The lowest BCUT2D eigenvalue weighted by molar-refractivity contribution is -0.107. The summed E-state index contributed by atoms with van der Waals surface area (Å²) in [5, 5.41) is 9.01. The van der Waals surface area contributed by atoms with Crippen LogP contribution in [0.1, 0.15) is 26.2 Å². The van der Waals surface area contributed by atoms with Gasteiger partial charge in [0.15, 0.2) is 0 Å². The zero-order valence-electron chi connectivity index (χ0n) is 6.29. The molecule has 60 valence electrons. The molecule has 0 bridgehead atoms. The van der Waals surface area contributed by atoms with Crippen LogP contribution >= 0.6 is 9.24 Å². The van der Waals surface area contributed by atoms with E-state index in [2.05, 4.69) is 9.24 Å². The number of aldehydes is 1. The Labute approximate surface area is 64.2 Å². The van der Waals surface area contributed by atoms with E-state index in [1.807, 2.05) is 0 Å². The van der Waals surface area contributed by atoms with Gasteiger partial charge in [-0.1, -0.05) is 0 Å². The molecular formula is C7H15O2P. The molecule has 0 aliphatic rings. The molecule has 0 amide bonds. The molecule has 2 nitrogen and oxygen atoms in total. The largest absolute Gasteiger partial charge is 0.393 e. The van der Waals surface area contributed by atoms with Crippen LogP contribution in [-0.2, 0) is 4.79 Å². The fraction of sp³-hybridized carbons (Fsp3) is 0.857. The van der Waals surface area contributed by atoms with Crippen LogP contribution in [-0.4, -0.2) is 23.2 Å². The molecule has 0 fully saturated rings. The fourth-order valence-electron chi connectivity index (χ4n) is 0.678. The lowest BCUT2D eigenvalue weighted by Crippen LogP contribution is -2.15. The molecule has 0 radical (unpaired) electrons. The maximum Gasteiger partial charge on any atom is 0.119 e. The standard InChI is InChI=1S/C7H15O2P/c1-6(9)7(10)4-2-3-5-8/h5-7,9H,2-4,10H2,1H3. The fourth-order valence-corrected chi connectivity index (χ4v) is 0.914. The molecule has 0 spiro atoms. The molecule has 0 aliphatic heterocycles. The second-order valence-electron chi connectivity index (χ2n) is 2.50. The molecule has 1 N–H and O–H groups in total. The van der Waals surface area contributed by atoms with E-state index in [-0.39, 0.29) is 11.8 Å². The highest BCUT2D eigenvalue weighted by Gasteiger charge is 2.07. The first kappa shape index (κ1) is 10.1. The van der Waals surface area contributed by atoms with Crippen LogP contribution in [0.4, 0.5) is 0 Å². The van der Waals surface area contributed by atoms with Crippen molar-refractivity contribution in [2.75, 3.05) is 0 Å². The van der Waals surface area contributed by atoms with Crippen molar-refractivity contribution in [3.63, 3.8) is 0 Å². The van der Waals surface area contributed by atoms with Crippen molar-refractivity contribution >= 4 is 15.5 Å².